The maximum Gasteiger partial charge on any atom is 0.274 e. The highest BCUT2D eigenvalue weighted by Crippen LogP contribution is 2.18. The van der Waals surface area contributed by atoms with E-state index in [1.807, 2.05) is 18.3 Å². The Morgan fingerprint density at radius 1 is 1.26 bits per heavy atom. The van der Waals surface area contributed by atoms with E-state index in [1.165, 1.54) is 0 Å². The van der Waals surface area contributed by atoms with Crippen molar-refractivity contribution in [3.05, 3.63) is 36.2 Å². The number of imidazole rings is 1. The van der Waals surface area contributed by atoms with Crippen LogP contribution in [-0.4, -0.2) is 43.2 Å². The fraction of sp³-hybridized carbons (Fsp3) is 0.400. The monoisotopic (exact) mass is 313 g/mol. The zero-order valence-electron chi connectivity index (χ0n) is 12.7. The molecule has 0 aliphatic carbocycles. The summed E-state index contributed by atoms with van der Waals surface area (Å²) in [5, 5.41) is 7.34. The summed E-state index contributed by atoms with van der Waals surface area (Å²) < 4.78 is 5.26. The van der Waals surface area contributed by atoms with Crippen molar-refractivity contribution in [2.45, 2.75) is 25.8 Å². The zero-order valence-corrected chi connectivity index (χ0v) is 12.7. The summed E-state index contributed by atoms with van der Waals surface area (Å²) in [4.78, 5) is 17.2. The summed E-state index contributed by atoms with van der Waals surface area (Å²) >= 11 is 0. The summed E-state index contributed by atoms with van der Waals surface area (Å²) in [6.07, 6.45) is 6.55. The van der Waals surface area contributed by atoms with E-state index in [-0.39, 0.29) is 0 Å². The van der Waals surface area contributed by atoms with Gasteiger partial charge in [0.05, 0.1) is 18.7 Å². The molecule has 1 aliphatic heterocycles. The Kier molecular flexibility index (Phi) is 3.81. The van der Waals surface area contributed by atoms with Crippen molar-refractivity contribution < 1.29 is 4.52 Å². The smallest absolute Gasteiger partial charge is 0.274 e. The number of aromatic amines is 2. The van der Waals surface area contributed by atoms with Crippen LogP contribution in [0.25, 0.3) is 11.6 Å². The van der Waals surface area contributed by atoms with Crippen LogP contribution in [0.2, 0.25) is 0 Å². The maximum absolute atomic E-state index is 5.26. The third kappa shape index (κ3) is 3.11. The molecule has 0 radical (unpaired) electrons. The Balaban J connectivity index is 1.22. The van der Waals surface area contributed by atoms with Crippen LogP contribution in [0.3, 0.4) is 0 Å². The number of rotatable bonds is 6. The number of anilines is 1. The van der Waals surface area contributed by atoms with Gasteiger partial charge in [-0.25, -0.2) is 4.98 Å². The van der Waals surface area contributed by atoms with Crippen molar-refractivity contribution in [1.82, 2.24) is 30.0 Å². The van der Waals surface area contributed by atoms with Crippen LogP contribution in [0, 0.1) is 0 Å². The van der Waals surface area contributed by atoms with Gasteiger partial charge in [0.1, 0.15) is 11.5 Å². The van der Waals surface area contributed by atoms with Crippen LogP contribution in [0.4, 0.5) is 5.82 Å². The fourth-order valence-electron chi connectivity index (χ4n) is 2.76. The second kappa shape index (κ2) is 6.25. The van der Waals surface area contributed by atoms with Gasteiger partial charge in [-0.15, -0.1) is 0 Å². The Hall–Kier alpha value is -2.61. The molecule has 0 saturated carbocycles. The molecule has 3 N–H and O–H groups in total. The standard InChI is InChI=1S/C15H19N7O/c1(2-7-22-8-12-14(19-10-22)18-9-17-12)5-13-20-15(23-21-13)11-4-3-6-16-11/h3-4,6,9,16,19H,1-2,5,7-8,10H2,(H,17,18). The zero-order chi connectivity index (χ0) is 15.5. The summed E-state index contributed by atoms with van der Waals surface area (Å²) in [5.41, 5.74) is 2.02. The van der Waals surface area contributed by atoms with Gasteiger partial charge in [-0.2, -0.15) is 4.98 Å². The molecular weight excluding hydrogens is 294 g/mol. The normalized spacial score (nSPS) is 14.6. The number of aromatic nitrogens is 5. The molecule has 8 heteroatoms. The van der Waals surface area contributed by atoms with Gasteiger partial charge in [-0.05, 0) is 25.0 Å². The van der Waals surface area contributed by atoms with E-state index < -0.39 is 0 Å². The predicted molar refractivity (Wildman–Crippen MR) is 84.5 cm³/mol. The van der Waals surface area contributed by atoms with Crippen LogP contribution in [0.15, 0.2) is 29.2 Å². The average Bonchev–Trinajstić information content (AvgIpc) is 3.31. The maximum atomic E-state index is 5.26. The van der Waals surface area contributed by atoms with Gasteiger partial charge in [0.2, 0.25) is 0 Å². The SMILES string of the molecule is c1c[nH]c(-c2nc(CCCCN3CNc4nc[nH]c4C3)no2)c1. The Morgan fingerprint density at radius 2 is 2.26 bits per heavy atom. The van der Waals surface area contributed by atoms with Crippen LogP contribution in [0.1, 0.15) is 24.4 Å². The lowest BCUT2D eigenvalue weighted by molar-refractivity contribution is 0.266. The fourth-order valence-corrected chi connectivity index (χ4v) is 2.76. The van der Waals surface area contributed by atoms with Gasteiger partial charge in [0.15, 0.2) is 5.82 Å². The van der Waals surface area contributed by atoms with E-state index >= 15 is 0 Å². The largest absolute Gasteiger partial charge is 0.357 e. The topological polar surface area (TPSA) is 98.7 Å². The molecule has 120 valence electrons. The first-order chi connectivity index (χ1) is 11.4. The van der Waals surface area contributed by atoms with Gasteiger partial charge in [-0.1, -0.05) is 5.16 Å². The van der Waals surface area contributed by atoms with E-state index in [9.17, 15) is 0 Å². The first kappa shape index (κ1) is 14.0. The average molecular weight is 313 g/mol. The van der Waals surface area contributed by atoms with Crippen LogP contribution in [0.5, 0.6) is 0 Å². The van der Waals surface area contributed by atoms with Crippen LogP contribution in [-0.2, 0) is 13.0 Å². The highest BCUT2D eigenvalue weighted by atomic mass is 16.5. The van der Waals surface area contributed by atoms with Crippen molar-refractivity contribution in [2.24, 2.45) is 0 Å². The number of aryl methyl sites for hydroxylation is 1. The second-order valence-corrected chi connectivity index (χ2v) is 5.67. The summed E-state index contributed by atoms with van der Waals surface area (Å²) in [6, 6.07) is 3.83. The predicted octanol–water partition coefficient (Wildman–Crippen LogP) is 2.00. The van der Waals surface area contributed by atoms with Gasteiger partial charge in [0.25, 0.3) is 5.89 Å². The quantitative estimate of drug-likeness (QED) is 0.602. The van der Waals surface area contributed by atoms with Gasteiger partial charge in [-0.3, -0.25) is 4.90 Å². The van der Waals surface area contributed by atoms with E-state index in [2.05, 4.69) is 35.3 Å². The number of H-pyrrole nitrogens is 2. The number of unbranched alkanes of at least 4 members (excludes halogenated alkanes) is 1. The molecule has 3 aromatic heterocycles. The van der Waals surface area contributed by atoms with Gasteiger partial charge in [0, 0.05) is 25.7 Å². The van der Waals surface area contributed by atoms with Crippen LogP contribution >= 0.6 is 0 Å². The molecule has 4 rings (SSSR count). The Labute approximate surface area is 133 Å². The lowest BCUT2D eigenvalue weighted by Gasteiger charge is -2.26. The molecule has 0 bridgehead atoms. The van der Waals surface area contributed by atoms with Crippen molar-refractivity contribution in [3.63, 3.8) is 0 Å². The molecule has 23 heavy (non-hydrogen) atoms. The number of hydrogen-bond donors (Lipinski definition) is 3. The van der Waals surface area contributed by atoms with E-state index in [4.69, 9.17) is 4.52 Å². The lowest BCUT2D eigenvalue weighted by Crippen LogP contribution is -2.34. The minimum atomic E-state index is 0.553. The molecule has 3 aromatic rings. The molecular formula is C15H19N7O. The van der Waals surface area contributed by atoms with Gasteiger partial charge < -0.3 is 19.8 Å². The van der Waals surface area contributed by atoms with E-state index in [1.54, 1.807) is 6.33 Å². The summed E-state index contributed by atoms with van der Waals surface area (Å²) in [7, 11) is 0. The number of nitrogens with zero attached hydrogens (tertiary/aromatic N) is 4. The molecule has 0 unspecified atom stereocenters. The Bertz CT molecular complexity index is 746. The molecule has 0 aromatic carbocycles. The van der Waals surface area contributed by atoms with Crippen LogP contribution < -0.4 is 5.32 Å². The second-order valence-electron chi connectivity index (χ2n) is 5.67. The first-order valence-corrected chi connectivity index (χ1v) is 7.83. The molecule has 0 atom stereocenters. The minimum absolute atomic E-state index is 0.553. The molecule has 1 aliphatic rings. The van der Waals surface area contributed by atoms with Gasteiger partial charge >= 0.3 is 0 Å². The van der Waals surface area contributed by atoms with Crippen molar-refractivity contribution in [2.75, 3.05) is 18.5 Å². The Morgan fingerprint density at radius 3 is 3.17 bits per heavy atom. The number of fused-ring (bicyclic) bond motifs is 1. The molecule has 4 heterocycles. The van der Waals surface area contributed by atoms with E-state index in [0.717, 1.165) is 62.1 Å². The van der Waals surface area contributed by atoms with Crippen molar-refractivity contribution in [1.29, 1.82) is 0 Å². The molecule has 0 amide bonds. The third-order valence-electron chi connectivity index (χ3n) is 3.99. The summed E-state index contributed by atoms with van der Waals surface area (Å²) in [5.74, 6) is 2.30. The summed E-state index contributed by atoms with van der Waals surface area (Å²) in [6.45, 7) is 2.80. The highest BCUT2D eigenvalue weighted by molar-refractivity contribution is 5.46. The molecule has 0 fully saturated rings. The van der Waals surface area contributed by atoms with Crippen molar-refractivity contribution >= 4 is 5.82 Å². The van der Waals surface area contributed by atoms with E-state index in [0.29, 0.717) is 5.89 Å². The molecule has 0 saturated heterocycles. The lowest BCUT2D eigenvalue weighted by atomic mass is 10.2. The van der Waals surface area contributed by atoms with Crippen molar-refractivity contribution in [3.8, 4) is 11.6 Å². The number of nitrogens with one attached hydrogen (secondary N) is 3. The number of hydrogen-bond acceptors (Lipinski definition) is 6. The minimum Gasteiger partial charge on any atom is -0.357 e. The highest BCUT2D eigenvalue weighted by Gasteiger charge is 2.17. The third-order valence-corrected chi connectivity index (χ3v) is 3.99. The molecule has 8 nitrogen and oxygen atoms in total. The molecule has 0 spiro atoms. The first-order valence-electron chi connectivity index (χ1n) is 7.83.